The van der Waals surface area contributed by atoms with Crippen LogP contribution in [0.15, 0.2) is 23.1 Å². The van der Waals surface area contributed by atoms with Crippen molar-refractivity contribution in [1.82, 2.24) is 4.90 Å². The van der Waals surface area contributed by atoms with Crippen molar-refractivity contribution in [1.29, 1.82) is 0 Å². The van der Waals surface area contributed by atoms with E-state index >= 15 is 0 Å². The van der Waals surface area contributed by atoms with Gasteiger partial charge in [0.15, 0.2) is 11.5 Å². The van der Waals surface area contributed by atoms with E-state index < -0.39 is 17.1 Å². The third-order valence-corrected chi connectivity index (χ3v) is 4.57. The molecule has 1 aliphatic heterocycles. The van der Waals surface area contributed by atoms with Gasteiger partial charge >= 0.3 is 5.97 Å². The molecule has 2 rings (SSSR count). The van der Waals surface area contributed by atoms with Gasteiger partial charge in [-0.2, -0.15) is 0 Å². The molecule has 1 aliphatic rings. The van der Waals surface area contributed by atoms with E-state index in [0.29, 0.717) is 23.7 Å². The van der Waals surface area contributed by atoms with E-state index in [-0.39, 0.29) is 30.1 Å². The van der Waals surface area contributed by atoms with E-state index in [1.54, 1.807) is 24.3 Å². The number of hydrogen-bond acceptors (Lipinski definition) is 7. The number of benzene rings is 1. The maximum atomic E-state index is 12.6. The van der Waals surface area contributed by atoms with Crippen LogP contribution >= 0.6 is 11.8 Å². The zero-order chi connectivity index (χ0) is 21.6. The summed E-state index contributed by atoms with van der Waals surface area (Å²) in [4.78, 5) is 37.8. The monoisotopic (exact) mass is 421 g/mol. The molecule has 0 bridgehead atoms. The van der Waals surface area contributed by atoms with Gasteiger partial charge in [0, 0.05) is 0 Å². The van der Waals surface area contributed by atoms with Crippen molar-refractivity contribution in [3.8, 4) is 11.5 Å². The highest BCUT2D eigenvalue weighted by molar-refractivity contribution is 8.18. The van der Waals surface area contributed by atoms with Gasteiger partial charge in [0.25, 0.3) is 11.1 Å². The molecule has 0 radical (unpaired) electrons. The quantitative estimate of drug-likeness (QED) is 0.438. The number of imide groups is 1. The summed E-state index contributed by atoms with van der Waals surface area (Å²) in [6.45, 7) is 9.85. The van der Waals surface area contributed by atoms with Crippen molar-refractivity contribution < 1.29 is 28.6 Å². The van der Waals surface area contributed by atoms with E-state index in [9.17, 15) is 14.4 Å². The molecular formula is C21H27NO6S. The lowest BCUT2D eigenvalue weighted by atomic mass is 10.2. The van der Waals surface area contributed by atoms with Crippen molar-refractivity contribution in [2.24, 2.45) is 5.92 Å². The van der Waals surface area contributed by atoms with Crippen LogP contribution in [-0.2, 0) is 14.3 Å². The third-order valence-electron chi connectivity index (χ3n) is 3.67. The van der Waals surface area contributed by atoms with E-state index in [0.717, 1.165) is 16.7 Å². The fourth-order valence-electron chi connectivity index (χ4n) is 2.46. The summed E-state index contributed by atoms with van der Waals surface area (Å²) in [5.74, 6) is 0.237. The van der Waals surface area contributed by atoms with E-state index in [2.05, 4.69) is 0 Å². The highest BCUT2D eigenvalue weighted by Gasteiger charge is 2.36. The lowest BCUT2D eigenvalue weighted by Crippen LogP contribution is -2.34. The minimum absolute atomic E-state index is 0.00740. The predicted octanol–water partition coefficient (Wildman–Crippen LogP) is 4.11. The first kappa shape index (κ1) is 22.8. The number of rotatable bonds is 9. The zero-order valence-electron chi connectivity index (χ0n) is 17.4. The van der Waals surface area contributed by atoms with Gasteiger partial charge in [-0.05, 0) is 62.2 Å². The van der Waals surface area contributed by atoms with Crippen LogP contribution in [0.3, 0.4) is 0 Å². The van der Waals surface area contributed by atoms with Crippen molar-refractivity contribution in [2.45, 2.75) is 40.7 Å². The molecular weight excluding hydrogens is 394 g/mol. The Labute approximate surface area is 175 Å². The average molecular weight is 422 g/mol. The number of hydrogen-bond donors (Lipinski definition) is 0. The molecule has 8 heteroatoms. The Morgan fingerprint density at radius 3 is 2.52 bits per heavy atom. The summed E-state index contributed by atoms with van der Waals surface area (Å²) >= 11 is 0.796. The summed E-state index contributed by atoms with van der Waals surface area (Å²) in [6.07, 6.45) is 1.60. The number of amides is 2. The standard InChI is InChI=1S/C21H27NO6S/c1-6-26-17-9-15(7-8-16(17)28-14(4)5)10-18-20(24)22(21(25)29-18)11-19(23)27-12-13(2)3/h7-10,13-14H,6,11-12H2,1-5H3/b18-10+. The highest BCUT2D eigenvalue weighted by atomic mass is 32.2. The van der Waals surface area contributed by atoms with E-state index in [1.807, 2.05) is 34.6 Å². The topological polar surface area (TPSA) is 82.1 Å². The average Bonchev–Trinajstić information content (AvgIpc) is 2.89. The van der Waals surface area contributed by atoms with Gasteiger partial charge in [-0.25, -0.2) is 0 Å². The number of esters is 1. The number of carbonyl (C=O) groups is 3. The Morgan fingerprint density at radius 1 is 1.17 bits per heavy atom. The molecule has 0 aromatic heterocycles. The lowest BCUT2D eigenvalue weighted by Gasteiger charge is -2.15. The van der Waals surface area contributed by atoms with Crippen molar-refractivity contribution in [2.75, 3.05) is 19.8 Å². The zero-order valence-corrected chi connectivity index (χ0v) is 18.2. The molecule has 0 N–H and O–H groups in total. The molecule has 0 spiro atoms. The second kappa shape index (κ2) is 10.3. The molecule has 0 unspecified atom stereocenters. The van der Waals surface area contributed by atoms with Crippen molar-refractivity contribution in [3.63, 3.8) is 0 Å². The van der Waals surface area contributed by atoms with Gasteiger partial charge in [-0.1, -0.05) is 19.9 Å². The molecule has 0 saturated carbocycles. The van der Waals surface area contributed by atoms with Crippen LogP contribution in [0.4, 0.5) is 4.79 Å². The fraction of sp³-hybridized carbons (Fsp3) is 0.476. The molecule has 2 amide bonds. The van der Waals surface area contributed by atoms with E-state index in [4.69, 9.17) is 14.2 Å². The normalized spacial score (nSPS) is 15.6. The van der Waals surface area contributed by atoms with Crippen LogP contribution in [0.1, 0.15) is 40.2 Å². The minimum Gasteiger partial charge on any atom is -0.490 e. The summed E-state index contributed by atoms with van der Waals surface area (Å²) in [5, 5.41) is -0.493. The predicted molar refractivity (Wildman–Crippen MR) is 112 cm³/mol. The maximum absolute atomic E-state index is 12.6. The highest BCUT2D eigenvalue weighted by Crippen LogP contribution is 2.35. The Kier molecular flexibility index (Phi) is 8.13. The Morgan fingerprint density at radius 2 is 1.90 bits per heavy atom. The maximum Gasteiger partial charge on any atom is 0.326 e. The van der Waals surface area contributed by atoms with Crippen LogP contribution < -0.4 is 9.47 Å². The molecule has 29 heavy (non-hydrogen) atoms. The molecule has 1 heterocycles. The van der Waals surface area contributed by atoms with Gasteiger partial charge in [0.1, 0.15) is 6.54 Å². The minimum atomic E-state index is -0.601. The first-order valence-corrected chi connectivity index (χ1v) is 10.4. The van der Waals surface area contributed by atoms with Crippen LogP contribution in [-0.4, -0.2) is 47.9 Å². The van der Waals surface area contributed by atoms with Gasteiger partial charge < -0.3 is 14.2 Å². The van der Waals surface area contributed by atoms with Gasteiger partial charge in [-0.3, -0.25) is 19.3 Å². The van der Waals surface area contributed by atoms with Crippen LogP contribution in [0.2, 0.25) is 0 Å². The molecule has 0 aliphatic carbocycles. The number of carbonyl (C=O) groups excluding carboxylic acids is 3. The number of ether oxygens (including phenoxy) is 3. The van der Waals surface area contributed by atoms with Crippen molar-refractivity contribution in [3.05, 3.63) is 28.7 Å². The van der Waals surface area contributed by atoms with Gasteiger partial charge in [0.05, 0.1) is 24.2 Å². The molecule has 1 fully saturated rings. The Bertz CT molecular complexity index is 802. The lowest BCUT2D eigenvalue weighted by molar-refractivity contribution is -0.147. The third kappa shape index (κ3) is 6.52. The fourth-order valence-corrected chi connectivity index (χ4v) is 3.29. The first-order chi connectivity index (χ1) is 13.7. The van der Waals surface area contributed by atoms with Crippen molar-refractivity contribution >= 4 is 35.0 Å². The molecule has 7 nitrogen and oxygen atoms in total. The second-order valence-corrected chi connectivity index (χ2v) is 8.14. The molecule has 0 atom stereocenters. The molecule has 1 saturated heterocycles. The van der Waals surface area contributed by atoms with Gasteiger partial charge in [0.2, 0.25) is 0 Å². The molecule has 1 aromatic carbocycles. The summed E-state index contributed by atoms with van der Waals surface area (Å²) in [7, 11) is 0. The summed E-state index contributed by atoms with van der Waals surface area (Å²) in [6, 6.07) is 5.31. The second-order valence-electron chi connectivity index (χ2n) is 7.15. The van der Waals surface area contributed by atoms with Crippen LogP contribution in [0, 0.1) is 5.92 Å². The van der Waals surface area contributed by atoms with Crippen LogP contribution in [0.5, 0.6) is 11.5 Å². The molecule has 1 aromatic rings. The van der Waals surface area contributed by atoms with E-state index in [1.165, 1.54) is 0 Å². The Hall–Kier alpha value is -2.48. The number of thioether (sulfide) groups is 1. The smallest absolute Gasteiger partial charge is 0.326 e. The summed E-state index contributed by atoms with van der Waals surface area (Å²) < 4.78 is 16.4. The Balaban J connectivity index is 2.15. The van der Waals surface area contributed by atoms with Gasteiger partial charge in [-0.15, -0.1) is 0 Å². The number of nitrogens with zero attached hydrogens (tertiary/aromatic N) is 1. The summed E-state index contributed by atoms with van der Waals surface area (Å²) in [5.41, 5.74) is 0.692. The largest absolute Gasteiger partial charge is 0.490 e. The SMILES string of the molecule is CCOc1cc(/C=C2/SC(=O)N(CC(=O)OCC(C)C)C2=O)ccc1OC(C)C. The van der Waals surface area contributed by atoms with Crippen LogP contribution in [0.25, 0.3) is 6.08 Å². The first-order valence-electron chi connectivity index (χ1n) is 9.55. The molecule has 158 valence electrons.